The number of ketones is 1. The Morgan fingerprint density at radius 2 is 1.95 bits per heavy atom. The number of aliphatic hydroxyl groups is 1. The van der Waals surface area contributed by atoms with Crippen molar-refractivity contribution in [2.45, 2.75) is 44.2 Å². The van der Waals surface area contributed by atoms with E-state index in [1.54, 1.807) is 47.4 Å². The van der Waals surface area contributed by atoms with Gasteiger partial charge in [-0.25, -0.2) is 0 Å². The smallest absolute Gasteiger partial charge is 0.296 e. The highest BCUT2D eigenvalue weighted by Crippen LogP contribution is 2.54. The minimum absolute atomic E-state index is 0.0807. The fourth-order valence-electron chi connectivity index (χ4n) is 5.66. The molecular weight excluding hydrogens is 484 g/mol. The summed E-state index contributed by atoms with van der Waals surface area (Å²) in [6.07, 6.45) is 4.51. The first-order valence-corrected chi connectivity index (χ1v) is 13.1. The molecule has 38 heavy (non-hydrogen) atoms. The Morgan fingerprint density at radius 3 is 2.63 bits per heavy atom. The molecule has 2 saturated heterocycles. The number of anilines is 1. The molecule has 0 saturated carbocycles. The van der Waals surface area contributed by atoms with Crippen LogP contribution in [0.5, 0.6) is 5.75 Å². The zero-order valence-electron chi connectivity index (χ0n) is 21.5. The van der Waals surface area contributed by atoms with Crippen LogP contribution >= 0.6 is 0 Å². The van der Waals surface area contributed by atoms with Gasteiger partial charge in [-0.15, -0.1) is 0 Å². The number of hydrogen-bond donors (Lipinski definition) is 1. The summed E-state index contributed by atoms with van der Waals surface area (Å²) in [6, 6.07) is 13.7. The number of para-hydroxylation sites is 1. The minimum Gasteiger partial charge on any atom is -0.507 e. The van der Waals surface area contributed by atoms with Crippen molar-refractivity contribution in [3.63, 3.8) is 0 Å². The second kappa shape index (κ2) is 10.5. The Kier molecular flexibility index (Phi) is 7.08. The lowest BCUT2D eigenvalue weighted by Crippen LogP contribution is -2.54. The van der Waals surface area contributed by atoms with E-state index in [9.17, 15) is 19.5 Å². The Bertz CT molecular complexity index is 1290. The van der Waals surface area contributed by atoms with E-state index in [0.29, 0.717) is 42.3 Å². The minimum atomic E-state index is -1.77. The number of carbonyl (C=O) groups excluding carboxylic acids is 3. The topological polar surface area (TPSA) is 96.4 Å². The fourth-order valence-corrected chi connectivity index (χ4v) is 5.66. The number of amides is 2. The van der Waals surface area contributed by atoms with Crippen molar-refractivity contribution in [1.82, 2.24) is 4.90 Å². The molecule has 198 valence electrons. The van der Waals surface area contributed by atoms with Crippen molar-refractivity contribution in [3.05, 3.63) is 77.9 Å². The molecule has 2 aromatic rings. The van der Waals surface area contributed by atoms with Crippen LogP contribution in [0.4, 0.5) is 5.69 Å². The zero-order valence-corrected chi connectivity index (χ0v) is 21.5. The molecule has 3 aliphatic heterocycles. The van der Waals surface area contributed by atoms with Crippen LogP contribution in [0, 0.1) is 0 Å². The normalized spacial score (nSPS) is 23.9. The Hall–Kier alpha value is -3.91. The van der Waals surface area contributed by atoms with Crippen molar-refractivity contribution >= 4 is 29.0 Å². The van der Waals surface area contributed by atoms with Crippen molar-refractivity contribution in [2.24, 2.45) is 0 Å². The SMILES string of the molecule is C=CCOc1ccc(C(O)=C2C(=O)C(=O)N(C[C@H]3CCCO3)[C@@]23C(=O)N(CCCC)c2ccccc23)cc1. The van der Waals surface area contributed by atoms with E-state index in [4.69, 9.17) is 9.47 Å². The molecule has 0 unspecified atom stereocenters. The number of unbranched alkanes of at least 4 members (excludes halogenated alkanes) is 1. The predicted molar refractivity (Wildman–Crippen MR) is 143 cm³/mol. The fraction of sp³-hybridized carbons (Fsp3) is 0.367. The second-order valence-corrected chi connectivity index (χ2v) is 9.77. The molecule has 2 amide bonds. The van der Waals surface area contributed by atoms with Crippen LogP contribution in [-0.2, 0) is 24.7 Å². The van der Waals surface area contributed by atoms with Crippen LogP contribution in [0.1, 0.15) is 43.7 Å². The molecule has 8 nitrogen and oxygen atoms in total. The number of hydrogen-bond acceptors (Lipinski definition) is 6. The highest BCUT2D eigenvalue weighted by molar-refractivity contribution is 6.50. The summed E-state index contributed by atoms with van der Waals surface area (Å²) in [7, 11) is 0. The lowest BCUT2D eigenvalue weighted by Gasteiger charge is -2.35. The van der Waals surface area contributed by atoms with Crippen molar-refractivity contribution in [1.29, 1.82) is 0 Å². The van der Waals surface area contributed by atoms with Gasteiger partial charge >= 0.3 is 0 Å². The second-order valence-electron chi connectivity index (χ2n) is 9.77. The lowest BCUT2D eigenvalue weighted by molar-refractivity contribution is -0.145. The average molecular weight is 517 g/mol. The summed E-state index contributed by atoms with van der Waals surface area (Å²) in [5.41, 5.74) is -0.512. The number of rotatable bonds is 9. The van der Waals surface area contributed by atoms with Crippen LogP contribution in [0.2, 0.25) is 0 Å². The number of benzene rings is 2. The molecule has 2 fully saturated rings. The maximum absolute atomic E-state index is 14.5. The highest BCUT2D eigenvalue weighted by Gasteiger charge is 2.67. The third kappa shape index (κ3) is 4.00. The van der Waals surface area contributed by atoms with Gasteiger partial charge in [0.2, 0.25) is 0 Å². The molecule has 0 aliphatic carbocycles. The van der Waals surface area contributed by atoms with E-state index >= 15 is 0 Å². The van der Waals surface area contributed by atoms with Gasteiger partial charge in [-0.1, -0.05) is 44.2 Å². The molecular formula is C30H32N2O6. The number of nitrogens with zero attached hydrogens (tertiary/aromatic N) is 2. The van der Waals surface area contributed by atoms with E-state index < -0.39 is 28.9 Å². The third-order valence-corrected chi connectivity index (χ3v) is 7.45. The third-order valence-electron chi connectivity index (χ3n) is 7.45. The van der Waals surface area contributed by atoms with Crippen molar-refractivity contribution in [2.75, 3.05) is 31.2 Å². The Balaban J connectivity index is 1.70. The maximum atomic E-state index is 14.5. The molecule has 2 atom stereocenters. The molecule has 8 heteroatoms. The molecule has 3 aliphatic rings. The lowest BCUT2D eigenvalue weighted by atomic mass is 9.81. The number of likely N-dealkylation sites (tertiary alicyclic amines) is 1. The van der Waals surface area contributed by atoms with Crippen LogP contribution in [0.25, 0.3) is 5.76 Å². The van der Waals surface area contributed by atoms with Crippen LogP contribution in [0.3, 0.4) is 0 Å². The van der Waals surface area contributed by atoms with Crippen LogP contribution < -0.4 is 9.64 Å². The van der Waals surface area contributed by atoms with Crippen LogP contribution in [-0.4, -0.2) is 60.0 Å². The standard InChI is InChI=1S/C30H32N2O6/c1-3-5-16-31-24-11-7-6-10-23(24)30(29(31)36)25(26(33)20-12-14-21(15-13-20)37-17-4-2)27(34)28(35)32(30)19-22-9-8-18-38-22/h4,6-7,10-15,22,33H,2-3,5,8-9,16-19H2,1H3/t22-,30-/m1/s1. The number of fused-ring (bicyclic) bond motifs is 2. The molecule has 5 rings (SSSR count). The first-order valence-electron chi connectivity index (χ1n) is 13.1. The first kappa shape index (κ1) is 25.7. The summed E-state index contributed by atoms with van der Waals surface area (Å²) < 4.78 is 11.3. The van der Waals surface area contributed by atoms with E-state index in [2.05, 4.69) is 6.58 Å². The number of ether oxygens (including phenoxy) is 2. The number of aliphatic hydroxyl groups excluding tert-OH is 1. The molecule has 3 heterocycles. The monoisotopic (exact) mass is 516 g/mol. The van der Waals surface area contributed by atoms with Gasteiger partial charge in [-0.3, -0.25) is 14.4 Å². The van der Waals surface area contributed by atoms with Gasteiger partial charge in [-0.05, 0) is 49.6 Å². The van der Waals surface area contributed by atoms with Gasteiger partial charge in [-0.2, -0.15) is 0 Å². The van der Waals surface area contributed by atoms with Gasteiger partial charge in [0.25, 0.3) is 17.6 Å². The molecule has 0 bridgehead atoms. The van der Waals surface area contributed by atoms with Gasteiger partial charge in [0.15, 0.2) is 5.54 Å². The summed E-state index contributed by atoms with van der Waals surface area (Å²) in [5, 5.41) is 11.6. The largest absolute Gasteiger partial charge is 0.507 e. The van der Waals surface area contributed by atoms with E-state index in [-0.39, 0.29) is 18.2 Å². The summed E-state index contributed by atoms with van der Waals surface area (Å²) in [5.74, 6) is -1.93. The van der Waals surface area contributed by atoms with E-state index in [1.807, 2.05) is 19.1 Å². The van der Waals surface area contributed by atoms with Gasteiger partial charge in [0, 0.05) is 30.8 Å². The Morgan fingerprint density at radius 1 is 1.18 bits per heavy atom. The summed E-state index contributed by atoms with van der Waals surface area (Å²) >= 11 is 0. The summed E-state index contributed by atoms with van der Waals surface area (Å²) in [4.78, 5) is 44.8. The molecule has 0 aromatic heterocycles. The first-order chi connectivity index (χ1) is 18.4. The van der Waals surface area contributed by atoms with E-state index in [1.165, 1.54) is 4.90 Å². The molecule has 1 N–H and O–H groups in total. The predicted octanol–water partition coefficient (Wildman–Crippen LogP) is 4.15. The van der Waals surface area contributed by atoms with Gasteiger partial charge in [0.05, 0.1) is 17.4 Å². The summed E-state index contributed by atoms with van der Waals surface area (Å²) in [6.45, 7) is 7.07. The molecule has 2 aromatic carbocycles. The molecule has 1 spiro atoms. The maximum Gasteiger partial charge on any atom is 0.296 e. The van der Waals surface area contributed by atoms with Gasteiger partial charge < -0.3 is 24.4 Å². The van der Waals surface area contributed by atoms with Crippen LogP contribution in [0.15, 0.2) is 66.8 Å². The Labute approximate surface area is 222 Å². The van der Waals surface area contributed by atoms with Crippen molar-refractivity contribution in [3.8, 4) is 5.75 Å². The quantitative estimate of drug-likeness (QED) is 0.233. The van der Waals surface area contributed by atoms with Gasteiger partial charge in [0.1, 0.15) is 18.1 Å². The van der Waals surface area contributed by atoms with E-state index in [0.717, 1.165) is 25.7 Å². The molecule has 0 radical (unpaired) electrons. The highest BCUT2D eigenvalue weighted by atomic mass is 16.5. The number of carbonyl (C=O) groups is 3. The average Bonchev–Trinajstić information content (AvgIpc) is 3.60. The zero-order chi connectivity index (χ0) is 26.9. The van der Waals surface area contributed by atoms with Crippen molar-refractivity contribution < 1.29 is 29.0 Å². The number of Topliss-reactive ketones (excluding diaryl/α,β-unsaturated/α-hetero) is 1.